The van der Waals surface area contributed by atoms with Crippen LogP contribution in [0.25, 0.3) is 11.3 Å². The summed E-state index contributed by atoms with van der Waals surface area (Å²) in [5.74, 6) is 0.661. The molecule has 1 aromatic carbocycles. The Kier molecular flexibility index (Phi) is 3.05. The van der Waals surface area contributed by atoms with Gasteiger partial charge in [-0.15, -0.1) is 0 Å². The Morgan fingerprint density at radius 2 is 2.16 bits per heavy atom. The molecule has 0 bridgehead atoms. The quantitative estimate of drug-likeness (QED) is 0.873. The lowest BCUT2D eigenvalue weighted by Crippen LogP contribution is -2.25. The van der Waals surface area contributed by atoms with Crippen LogP contribution in [-0.4, -0.2) is 34.4 Å². The number of benzene rings is 1. The molecule has 2 aromatic rings. The summed E-state index contributed by atoms with van der Waals surface area (Å²) in [6.07, 6.45) is 0.393. The largest absolute Gasteiger partial charge is 0.396 e. The van der Waals surface area contributed by atoms with Crippen molar-refractivity contribution in [2.24, 2.45) is 5.92 Å². The Balaban J connectivity index is 1.84. The molecule has 0 saturated carbocycles. The van der Waals surface area contributed by atoms with Gasteiger partial charge in [-0.05, 0) is 5.56 Å². The van der Waals surface area contributed by atoms with Crippen molar-refractivity contribution in [3.05, 3.63) is 36.4 Å². The van der Waals surface area contributed by atoms with Gasteiger partial charge in [0.05, 0.1) is 5.69 Å². The number of anilines is 1. The van der Waals surface area contributed by atoms with Crippen LogP contribution >= 0.6 is 0 Å². The number of nitrogens with one attached hydrogen (secondary N) is 1. The molecule has 1 fully saturated rings. The number of aromatic amines is 1. The highest BCUT2D eigenvalue weighted by Crippen LogP contribution is 2.26. The summed E-state index contributed by atoms with van der Waals surface area (Å²) in [4.78, 5) is 13.5. The summed E-state index contributed by atoms with van der Waals surface area (Å²) in [6, 6.07) is 11.7. The third kappa shape index (κ3) is 2.24. The van der Waals surface area contributed by atoms with E-state index in [1.165, 1.54) is 0 Å². The standard InChI is InChI=1S/C14H15N3O2/c18-9-10-6-14(19)17(8-10)13-7-12(15-16-13)11-4-2-1-3-5-11/h1-5,7,10,18H,6,8-9H2,(H,15,16). The molecule has 5 nitrogen and oxygen atoms in total. The fraction of sp³-hybridized carbons (Fsp3) is 0.286. The zero-order valence-electron chi connectivity index (χ0n) is 10.4. The molecule has 1 atom stereocenters. The van der Waals surface area contributed by atoms with Gasteiger partial charge in [-0.25, -0.2) is 0 Å². The Labute approximate surface area is 110 Å². The third-order valence-electron chi connectivity index (χ3n) is 3.39. The lowest BCUT2D eigenvalue weighted by molar-refractivity contribution is -0.117. The zero-order valence-corrected chi connectivity index (χ0v) is 10.4. The predicted octanol–water partition coefficient (Wildman–Crippen LogP) is 1.42. The van der Waals surface area contributed by atoms with Gasteiger partial charge in [-0.1, -0.05) is 30.3 Å². The van der Waals surface area contributed by atoms with E-state index in [2.05, 4.69) is 10.2 Å². The van der Waals surface area contributed by atoms with E-state index in [9.17, 15) is 4.79 Å². The molecule has 1 aliphatic rings. The number of hydrogen-bond acceptors (Lipinski definition) is 3. The molecule has 0 radical (unpaired) electrons. The highest BCUT2D eigenvalue weighted by atomic mass is 16.3. The monoisotopic (exact) mass is 257 g/mol. The van der Waals surface area contributed by atoms with Crippen LogP contribution in [0, 0.1) is 5.92 Å². The molecule has 0 aliphatic carbocycles. The smallest absolute Gasteiger partial charge is 0.228 e. The molecule has 0 spiro atoms. The summed E-state index contributed by atoms with van der Waals surface area (Å²) in [5.41, 5.74) is 1.92. The minimum atomic E-state index is 0.0179. The molecule has 98 valence electrons. The van der Waals surface area contributed by atoms with E-state index in [4.69, 9.17) is 5.11 Å². The fourth-order valence-electron chi connectivity index (χ4n) is 2.34. The van der Waals surface area contributed by atoms with Crippen molar-refractivity contribution in [1.29, 1.82) is 0 Å². The van der Waals surface area contributed by atoms with E-state index in [-0.39, 0.29) is 18.4 Å². The topological polar surface area (TPSA) is 69.2 Å². The third-order valence-corrected chi connectivity index (χ3v) is 3.39. The Hall–Kier alpha value is -2.14. The lowest BCUT2D eigenvalue weighted by Gasteiger charge is -2.11. The maximum atomic E-state index is 11.9. The first-order valence-corrected chi connectivity index (χ1v) is 6.30. The number of aliphatic hydroxyl groups excluding tert-OH is 1. The van der Waals surface area contributed by atoms with E-state index in [1.807, 2.05) is 36.4 Å². The number of nitrogens with zero attached hydrogens (tertiary/aromatic N) is 2. The van der Waals surface area contributed by atoms with Gasteiger partial charge in [-0.2, -0.15) is 5.10 Å². The molecular weight excluding hydrogens is 242 g/mol. The molecule has 1 unspecified atom stereocenters. The van der Waals surface area contributed by atoms with E-state index in [0.717, 1.165) is 11.3 Å². The molecule has 5 heteroatoms. The van der Waals surface area contributed by atoms with Gasteiger partial charge in [-0.3, -0.25) is 14.8 Å². The van der Waals surface area contributed by atoms with E-state index in [1.54, 1.807) is 4.90 Å². The van der Waals surface area contributed by atoms with Crippen molar-refractivity contribution >= 4 is 11.7 Å². The van der Waals surface area contributed by atoms with Gasteiger partial charge in [0.1, 0.15) is 0 Å². The molecule has 1 saturated heterocycles. The summed E-state index contributed by atoms with van der Waals surface area (Å²) in [7, 11) is 0. The van der Waals surface area contributed by atoms with Crippen molar-refractivity contribution in [3.8, 4) is 11.3 Å². The summed E-state index contributed by atoms with van der Waals surface area (Å²) in [5, 5.41) is 16.3. The number of amides is 1. The average molecular weight is 257 g/mol. The fourth-order valence-corrected chi connectivity index (χ4v) is 2.34. The summed E-state index contributed by atoms with van der Waals surface area (Å²) < 4.78 is 0. The number of hydrogen-bond donors (Lipinski definition) is 2. The number of carbonyl (C=O) groups is 1. The van der Waals surface area contributed by atoms with Crippen LogP contribution in [0.5, 0.6) is 0 Å². The van der Waals surface area contributed by atoms with Crippen molar-refractivity contribution in [3.63, 3.8) is 0 Å². The van der Waals surface area contributed by atoms with Crippen molar-refractivity contribution < 1.29 is 9.90 Å². The number of rotatable bonds is 3. The highest BCUT2D eigenvalue weighted by Gasteiger charge is 2.31. The van der Waals surface area contributed by atoms with Gasteiger partial charge < -0.3 is 5.11 Å². The van der Waals surface area contributed by atoms with E-state index in [0.29, 0.717) is 18.8 Å². The zero-order chi connectivity index (χ0) is 13.2. The second-order valence-electron chi connectivity index (χ2n) is 4.76. The van der Waals surface area contributed by atoms with Crippen molar-refractivity contribution in [2.75, 3.05) is 18.1 Å². The number of aromatic nitrogens is 2. The molecule has 2 heterocycles. The molecule has 1 amide bonds. The highest BCUT2D eigenvalue weighted by molar-refractivity contribution is 5.95. The minimum absolute atomic E-state index is 0.0179. The van der Waals surface area contributed by atoms with Gasteiger partial charge in [0.25, 0.3) is 0 Å². The van der Waals surface area contributed by atoms with E-state index < -0.39 is 0 Å². The molecule has 3 rings (SSSR count). The van der Waals surface area contributed by atoms with Gasteiger partial charge >= 0.3 is 0 Å². The van der Waals surface area contributed by atoms with Crippen LogP contribution in [-0.2, 0) is 4.79 Å². The minimum Gasteiger partial charge on any atom is -0.396 e. The van der Waals surface area contributed by atoms with Crippen molar-refractivity contribution in [2.45, 2.75) is 6.42 Å². The maximum Gasteiger partial charge on any atom is 0.228 e. The number of carbonyl (C=O) groups excluding carboxylic acids is 1. The van der Waals surface area contributed by atoms with Crippen molar-refractivity contribution in [1.82, 2.24) is 10.2 Å². The second-order valence-corrected chi connectivity index (χ2v) is 4.76. The van der Waals surface area contributed by atoms with Gasteiger partial charge in [0.2, 0.25) is 5.91 Å². The predicted molar refractivity (Wildman–Crippen MR) is 71.6 cm³/mol. The van der Waals surface area contributed by atoms with Crippen LogP contribution in [0.1, 0.15) is 6.42 Å². The van der Waals surface area contributed by atoms with Crippen LogP contribution < -0.4 is 4.90 Å². The Morgan fingerprint density at radius 3 is 2.84 bits per heavy atom. The molecule has 1 aliphatic heterocycles. The Morgan fingerprint density at radius 1 is 1.37 bits per heavy atom. The molecule has 19 heavy (non-hydrogen) atoms. The van der Waals surface area contributed by atoms with Crippen LogP contribution in [0.15, 0.2) is 36.4 Å². The molecule has 1 aromatic heterocycles. The van der Waals surface area contributed by atoms with Crippen LogP contribution in [0.4, 0.5) is 5.82 Å². The number of aliphatic hydroxyl groups is 1. The first kappa shape index (κ1) is 11.9. The maximum absolute atomic E-state index is 11.9. The van der Waals surface area contributed by atoms with Gasteiger partial charge in [0.15, 0.2) is 5.82 Å². The first-order valence-electron chi connectivity index (χ1n) is 6.30. The normalized spacial score (nSPS) is 19.1. The van der Waals surface area contributed by atoms with E-state index >= 15 is 0 Å². The van der Waals surface area contributed by atoms with Gasteiger partial charge in [0, 0.05) is 31.6 Å². The first-order chi connectivity index (χ1) is 9.28. The second kappa shape index (κ2) is 4.85. The number of H-pyrrole nitrogens is 1. The molecular formula is C14H15N3O2. The van der Waals surface area contributed by atoms with Crippen LogP contribution in [0.3, 0.4) is 0 Å². The summed E-state index contributed by atoms with van der Waals surface area (Å²) >= 11 is 0. The SMILES string of the molecule is O=C1CC(CO)CN1c1cc(-c2ccccc2)[nH]n1. The lowest BCUT2D eigenvalue weighted by atomic mass is 10.1. The van der Waals surface area contributed by atoms with Crippen LogP contribution in [0.2, 0.25) is 0 Å². The summed E-state index contributed by atoms with van der Waals surface area (Å²) in [6.45, 7) is 0.576. The molecule has 2 N–H and O–H groups in total. The Bertz CT molecular complexity index is 579. The average Bonchev–Trinajstić information content (AvgIpc) is 3.06.